The van der Waals surface area contributed by atoms with Crippen molar-refractivity contribution in [2.45, 2.75) is 24.9 Å². The molecule has 1 aromatic heterocycles. The number of benzene rings is 1. The molecule has 2 nitrogen and oxygen atoms in total. The molecule has 0 amide bonds. The second-order valence-electron chi connectivity index (χ2n) is 4.68. The lowest BCUT2D eigenvalue weighted by Crippen LogP contribution is -2.31. The molecule has 2 aromatic rings. The quantitative estimate of drug-likeness (QED) is 0.831. The van der Waals surface area contributed by atoms with Gasteiger partial charge in [0.05, 0.1) is 16.2 Å². The highest BCUT2D eigenvalue weighted by Crippen LogP contribution is 2.44. The van der Waals surface area contributed by atoms with Gasteiger partial charge in [0.2, 0.25) is 0 Å². The van der Waals surface area contributed by atoms with Crippen molar-refractivity contribution < 1.29 is 4.39 Å². The van der Waals surface area contributed by atoms with E-state index in [4.69, 9.17) is 11.6 Å². The lowest BCUT2D eigenvalue weighted by molar-refractivity contribution is 0.0563. The minimum absolute atomic E-state index is 0.203. The molecule has 3 rings (SSSR count). The van der Waals surface area contributed by atoms with E-state index in [1.165, 1.54) is 6.07 Å². The van der Waals surface area contributed by atoms with Crippen LogP contribution in [-0.4, -0.2) is 4.98 Å². The lowest BCUT2D eigenvalue weighted by atomic mass is 9.79. The molecule has 0 unspecified atom stereocenters. The van der Waals surface area contributed by atoms with Gasteiger partial charge >= 0.3 is 0 Å². The summed E-state index contributed by atoms with van der Waals surface area (Å²) in [6, 6.07) is 4.73. The molecule has 0 atom stereocenters. The van der Waals surface area contributed by atoms with Gasteiger partial charge in [-0.3, -0.25) is 4.79 Å². The molecule has 0 spiro atoms. The van der Waals surface area contributed by atoms with E-state index in [9.17, 15) is 9.18 Å². The van der Waals surface area contributed by atoms with E-state index in [1.54, 1.807) is 12.1 Å². The van der Waals surface area contributed by atoms with Gasteiger partial charge in [-0.1, -0.05) is 27.5 Å². The first-order valence-corrected chi connectivity index (χ1v) is 6.88. The molecule has 1 heterocycles. The summed E-state index contributed by atoms with van der Waals surface area (Å²) in [5, 5.41) is 0.891. The van der Waals surface area contributed by atoms with Gasteiger partial charge in [-0.25, -0.2) is 4.39 Å². The fourth-order valence-corrected chi connectivity index (χ4v) is 3.13. The monoisotopic (exact) mass is 329 g/mol. The molecule has 18 heavy (non-hydrogen) atoms. The molecule has 94 valence electrons. The van der Waals surface area contributed by atoms with Crippen LogP contribution in [0.5, 0.6) is 0 Å². The number of pyridine rings is 1. The average molecular weight is 331 g/mol. The van der Waals surface area contributed by atoms with Crippen LogP contribution in [0.1, 0.15) is 25.0 Å². The van der Waals surface area contributed by atoms with Crippen LogP contribution in [0, 0.1) is 0 Å². The Morgan fingerprint density at radius 3 is 2.67 bits per heavy atom. The number of nitrogens with one attached hydrogen (secondary N) is 1. The number of hydrogen-bond acceptors (Lipinski definition) is 1. The van der Waals surface area contributed by atoms with Crippen LogP contribution in [-0.2, 0) is 5.67 Å². The SMILES string of the molecule is O=c1cc(C2(F)CCC2)[nH]c2c(Cl)cc(Br)cc12. The minimum Gasteiger partial charge on any atom is -0.354 e. The maximum absolute atomic E-state index is 14.3. The first-order valence-electron chi connectivity index (χ1n) is 5.71. The average Bonchev–Trinajstić information content (AvgIpc) is 2.27. The molecule has 1 N–H and O–H groups in total. The van der Waals surface area contributed by atoms with Crippen molar-refractivity contribution in [1.29, 1.82) is 0 Å². The number of halogens is 3. The first kappa shape index (κ1) is 12.2. The zero-order valence-corrected chi connectivity index (χ0v) is 11.7. The zero-order valence-electron chi connectivity index (χ0n) is 9.40. The highest BCUT2D eigenvalue weighted by Gasteiger charge is 2.40. The summed E-state index contributed by atoms with van der Waals surface area (Å²) in [6.45, 7) is 0. The molecule has 1 saturated carbocycles. The number of aromatic nitrogens is 1. The Labute approximate surface area is 116 Å². The van der Waals surface area contributed by atoms with E-state index in [1.807, 2.05) is 0 Å². The molecule has 1 aliphatic carbocycles. The van der Waals surface area contributed by atoms with Crippen molar-refractivity contribution in [1.82, 2.24) is 4.98 Å². The molecule has 0 bridgehead atoms. The first-order chi connectivity index (χ1) is 8.49. The Morgan fingerprint density at radius 2 is 2.06 bits per heavy atom. The Hall–Kier alpha value is -0.870. The fraction of sp³-hybridized carbons (Fsp3) is 0.308. The van der Waals surface area contributed by atoms with Gasteiger partial charge < -0.3 is 4.98 Å². The largest absolute Gasteiger partial charge is 0.354 e. The molecular weight excluding hydrogens is 321 g/mol. The van der Waals surface area contributed by atoms with Gasteiger partial charge in [0, 0.05) is 15.9 Å². The smallest absolute Gasteiger partial charge is 0.189 e. The summed E-state index contributed by atoms with van der Waals surface area (Å²) in [5.41, 5.74) is -0.739. The van der Waals surface area contributed by atoms with E-state index in [0.717, 1.165) is 10.9 Å². The zero-order chi connectivity index (χ0) is 12.9. The number of aromatic amines is 1. The van der Waals surface area contributed by atoms with Gasteiger partial charge in [-0.2, -0.15) is 0 Å². The van der Waals surface area contributed by atoms with Gasteiger partial charge in [0.15, 0.2) is 11.1 Å². The number of hydrogen-bond donors (Lipinski definition) is 1. The van der Waals surface area contributed by atoms with Crippen LogP contribution in [0.2, 0.25) is 5.02 Å². The van der Waals surface area contributed by atoms with Crippen molar-refractivity contribution >= 4 is 38.4 Å². The number of rotatable bonds is 1. The highest BCUT2D eigenvalue weighted by atomic mass is 79.9. The molecule has 1 fully saturated rings. The van der Waals surface area contributed by atoms with E-state index in [2.05, 4.69) is 20.9 Å². The summed E-state index contributed by atoms with van der Waals surface area (Å²) < 4.78 is 15.1. The van der Waals surface area contributed by atoms with Gasteiger partial charge in [0.1, 0.15) is 0 Å². The second-order valence-corrected chi connectivity index (χ2v) is 6.00. The van der Waals surface area contributed by atoms with Gasteiger partial charge in [0.25, 0.3) is 0 Å². The van der Waals surface area contributed by atoms with E-state index >= 15 is 0 Å². The van der Waals surface area contributed by atoms with Crippen LogP contribution in [0.4, 0.5) is 4.39 Å². The topological polar surface area (TPSA) is 32.9 Å². The van der Waals surface area contributed by atoms with Crippen LogP contribution >= 0.6 is 27.5 Å². The highest BCUT2D eigenvalue weighted by molar-refractivity contribution is 9.10. The Morgan fingerprint density at radius 1 is 1.33 bits per heavy atom. The number of H-pyrrole nitrogens is 1. The second kappa shape index (κ2) is 4.07. The molecule has 1 aliphatic rings. The van der Waals surface area contributed by atoms with Crippen LogP contribution in [0.3, 0.4) is 0 Å². The van der Waals surface area contributed by atoms with Crippen molar-refractivity contribution in [3.05, 3.63) is 43.6 Å². The van der Waals surface area contributed by atoms with Gasteiger partial charge in [-0.15, -0.1) is 0 Å². The predicted molar refractivity (Wildman–Crippen MR) is 73.9 cm³/mol. The molecule has 1 aromatic carbocycles. The summed E-state index contributed by atoms with van der Waals surface area (Å²) in [7, 11) is 0. The van der Waals surface area contributed by atoms with E-state index < -0.39 is 5.67 Å². The normalized spacial score (nSPS) is 17.7. The third-order valence-electron chi connectivity index (χ3n) is 3.48. The summed E-state index contributed by atoms with van der Waals surface area (Å²) in [5.74, 6) is 0. The molecule has 0 saturated heterocycles. The third-order valence-corrected chi connectivity index (χ3v) is 4.24. The third kappa shape index (κ3) is 1.79. The summed E-state index contributed by atoms with van der Waals surface area (Å²) in [6.07, 6.45) is 1.77. The van der Waals surface area contributed by atoms with Crippen molar-refractivity contribution in [3.8, 4) is 0 Å². The molecule has 5 heteroatoms. The standard InChI is InChI=1S/C13H10BrClFNO/c14-7-4-8-10(18)6-11(13(16)2-1-3-13)17-12(8)9(15)5-7/h4-6H,1-3H2,(H,17,18). The number of fused-ring (bicyclic) bond motifs is 1. The van der Waals surface area contributed by atoms with Crippen LogP contribution < -0.4 is 5.43 Å². The lowest BCUT2D eigenvalue weighted by Gasteiger charge is -2.33. The van der Waals surface area contributed by atoms with E-state index in [0.29, 0.717) is 34.5 Å². The Bertz CT molecular complexity index is 693. The minimum atomic E-state index is -1.39. The summed E-state index contributed by atoms with van der Waals surface area (Å²) >= 11 is 9.38. The van der Waals surface area contributed by atoms with Gasteiger partial charge in [-0.05, 0) is 31.4 Å². The van der Waals surface area contributed by atoms with Crippen molar-refractivity contribution in [2.24, 2.45) is 0 Å². The molecule has 0 aliphatic heterocycles. The fourth-order valence-electron chi connectivity index (χ4n) is 2.27. The van der Waals surface area contributed by atoms with E-state index in [-0.39, 0.29) is 5.43 Å². The number of alkyl halides is 1. The van der Waals surface area contributed by atoms with Crippen molar-refractivity contribution in [3.63, 3.8) is 0 Å². The molecular formula is C13H10BrClFNO. The maximum Gasteiger partial charge on any atom is 0.189 e. The van der Waals surface area contributed by atoms with Crippen LogP contribution in [0.15, 0.2) is 27.5 Å². The van der Waals surface area contributed by atoms with Crippen molar-refractivity contribution in [2.75, 3.05) is 0 Å². The Kier molecular flexibility index (Phi) is 2.75. The summed E-state index contributed by atoms with van der Waals surface area (Å²) in [4.78, 5) is 15.0. The Balaban J connectivity index is 2.30. The maximum atomic E-state index is 14.3. The molecule has 0 radical (unpaired) electrons. The predicted octanol–water partition coefficient (Wildman–Crippen LogP) is 4.29. The van der Waals surface area contributed by atoms with Crippen LogP contribution in [0.25, 0.3) is 10.9 Å².